The number of methoxy groups -OCH3 is 2. The first-order valence-electron chi connectivity index (χ1n) is 24.2. The van der Waals surface area contributed by atoms with Gasteiger partial charge in [-0.2, -0.15) is 0 Å². The van der Waals surface area contributed by atoms with Gasteiger partial charge in [-0.3, -0.25) is 28.8 Å². The van der Waals surface area contributed by atoms with Crippen LogP contribution in [0.5, 0.6) is 0 Å². The maximum absolute atomic E-state index is 14.4. The van der Waals surface area contributed by atoms with Crippen LogP contribution in [0.25, 0.3) is 0 Å². The molecule has 0 bridgehead atoms. The summed E-state index contributed by atoms with van der Waals surface area (Å²) in [6.07, 6.45) is 4.57. The number of hydrogen-bond acceptors (Lipinski definition) is 10. The highest BCUT2D eigenvalue weighted by molar-refractivity contribution is 5.91. The van der Waals surface area contributed by atoms with E-state index in [1.54, 1.807) is 49.9 Å². The minimum atomic E-state index is -0.880. The third-order valence-corrected chi connectivity index (χ3v) is 12.9. The van der Waals surface area contributed by atoms with E-state index in [2.05, 4.69) is 21.3 Å². The zero-order valence-corrected chi connectivity index (χ0v) is 42.0. The van der Waals surface area contributed by atoms with Crippen LogP contribution in [0.1, 0.15) is 97.1 Å². The Kier molecular flexibility index (Phi) is 24.5. The first-order valence-corrected chi connectivity index (χ1v) is 24.2. The molecule has 0 spiro atoms. The van der Waals surface area contributed by atoms with Gasteiger partial charge in [0.25, 0.3) is 0 Å². The van der Waals surface area contributed by atoms with Crippen molar-refractivity contribution in [3.63, 3.8) is 0 Å². The fourth-order valence-corrected chi connectivity index (χ4v) is 8.95. The number of likely N-dealkylation sites (tertiary alicyclic amines) is 1. The molecule has 0 aromatic heterocycles. The largest absolute Gasteiger partial charge is 0.379 e. The van der Waals surface area contributed by atoms with E-state index in [1.165, 1.54) is 7.11 Å². The molecule has 0 aliphatic carbocycles. The first kappa shape index (κ1) is 56.4. The predicted molar refractivity (Wildman–Crippen MR) is 263 cm³/mol. The highest BCUT2D eigenvalue weighted by Crippen LogP contribution is 2.30. The van der Waals surface area contributed by atoms with Crippen molar-refractivity contribution in [2.24, 2.45) is 23.5 Å². The number of benzene rings is 2. The van der Waals surface area contributed by atoms with Crippen LogP contribution in [-0.4, -0.2) is 148 Å². The minimum absolute atomic E-state index is 0.00797. The summed E-state index contributed by atoms with van der Waals surface area (Å²) in [6, 6.07) is 14.5. The number of carbonyl (C=O) groups is 6. The fourth-order valence-electron chi connectivity index (χ4n) is 8.95. The van der Waals surface area contributed by atoms with Crippen LogP contribution in [-0.2, 0) is 51.1 Å². The number of rotatable bonds is 29. The molecule has 16 heteroatoms. The van der Waals surface area contributed by atoms with E-state index in [0.29, 0.717) is 51.0 Å². The van der Waals surface area contributed by atoms with Crippen molar-refractivity contribution in [2.45, 2.75) is 135 Å². The van der Waals surface area contributed by atoms with Crippen LogP contribution >= 0.6 is 0 Å². The number of anilines is 1. The Morgan fingerprint density at radius 2 is 1.52 bits per heavy atom. The average molecular weight is 935 g/mol. The number of carbonyl (C=O) groups excluding carboxylic acids is 6. The Balaban J connectivity index is 1.71. The van der Waals surface area contributed by atoms with Crippen LogP contribution in [0.2, 0.25) is 0 Å². The van der Waals surface area contributed by atoms with Gasteiger partial charge in [0.05, 0.1) is 43.2 Å². The Labute approximate surface area is 400 Å². The lowest BCUT2D eigenvalue weighted by molar-refractivity contribution is -0.147. The number of hydrogen-bond donors (Lipinski definition) is 5. The molecule has 1 aliphatic heterocycles. The number of nitrogens with one attached hydrogen (secondary N) is 4. The number of unbranched alkanes of at least 4 members (excludes halogenated alkanes) is 2. The summed E-state index contributed by atoms with van der Waals surface area (Å²) in [7, 11) is 8.38. The smallest absolute Gasteiger partial charge is 0.245 e. The van der Waals surface area contributed by atoms with Gasteiger partial charge in [-0.05, 0) is 87.8 Å². The second-order valence-corrected chi connectivity index (χ2v) is 18.8. The van der Waals surface area contributed by atoms with Gasteiger partial charge in [0, 0.05) is 52.9 Å². The number of likely N-dealkylation sites (N-methyl/N-ethyl adjacent to an activating group) is 2. The molecule has 1 heterocycles. The molecule has 374 valence electrons. The number of ether oxygens (including phenoxy) is 2. The molecule has 6 amide bonds. The number of nitrogens with two attached hydrogens (primary N) is 1. The minimum Gasteiger partial charge on any atom is -0.379 e. The van der Waals surface area contributed by atoms with E-state index >= 15 is 0 Å². The first-order chi connectivity index (χ1) is 31.9. The fraction of sp³-hybridized carbons (Fsp3) is 0.647. The van der Waals surface area contributed by atoms with Crippen LogP contribution in [0.3, 0.4) is 0 Å². The van der Waals surface area contributed by atoms with Crippen molar-refractivity contribution in [1.29, 1.82) is 0 Å². The van der Waals surface area contributed by atoms with Gasteiger partial charge >= 0.3 is 0 Å². The highest BCUT2D eigenvalue weighted by Gasteiger charge is 2.43. The van der Waals surface area contributed by atoms with Crippen molar-refractivity contribution >= 4 is 41.1 Å². The zero-order valence-electron chi connectivity index (χ0n) is 42.0. The molecule has 2 aromatic carbocycles. The maximum Gasteiger partial charge on any atom is 0.245 e. The molecule has 6 unspecified atom stereocenters. The molecule has 1 aliphatic rings. The van der Waals surface area contributed by atoms with E-state index in [0.717, 1.165) is 36.8 Å². The van der Waals surface area contributed by atoms with Crippen LogP contribution in [0.4, 0.5) is 5.69 Å². The standard InChI is InChI=1S/C51H82N8O8/c1-11-35(4)47(58(8)51(65)46(34(2)3)56-44(61)33-57(6)7)42(66-9)32-45(62)59-30-18-21-41(59)48(67-10)36(5)49(63)55-40(31-38-19-14-12-15-20-38)50(64)53-29-27-37-23-25-39(26-24-37)54-43(60)22-16-13-17-28-52/h12,14-15,19-20,23-26,34-36,40-42,46-48H,11,13,16-18,21-22,27-33,52H2,1-10H3,(H,53,64)(H,54,60)(H,55,63)(H,56,61)/t35?,36?,40-,41?,42?,46-,47?,48?/m0/s1. The topological polar surface area (TPSA) is 205 Å². The molecule has 67 heavy (non-hydrogen) atoms. The van der Waals surface area contributed by atoms with Crippen molar-refractivity contribution in [2.75, 3.05) is 66.9 Å². The molecular formula is C51H82N8O8. The van der Waals surface area contributed by atoms with Gasteiger partial charge in [-0.1, -0.05) is 89.9 Å². The molecule has 6 N–H and O–H groups in total. The number of nitrogens with zero attached hydrogens (tertiary/aromatic N) is 3. The van der Waals surface area contributed by atoms with Gasteiger partial charge in [0.2, 0.25) is 35.4 Å². The lowest BCUT2D eigenvalue weighted by Gasteiger charge is -2.41. The van der Waals surface area contributed by atoms with Crippen molar-refractivity contribution < 1.29 is 38.2 Å². The molecule has 3 rings (SSSR count). The Morgan fingerprint density at radius 1 is 0.836 bits per heavy atom. The summed E-state index contributed by atoms with van der Waals surface area (Å²) < 4.78 is 12.1. The van der Waals surface area contributed by atoms with Crippen molar-refractivity contribution in [1.82, 2.24) is 30.7 Å². The second kappa shape index (κ2) is 29.1. The summed E-state index contributed by atoms with van der Waals surface area (Å²) in [5.74, 6) is -2.37. The SMILES string of the molecule is CCC(C)C(C(CC(=O)N1CCCC1C(OC)C(C)C(=O)N[C@@H](Cc1ccccc1)C(=O)NCCc1ccc(NC(=O)CCCCCN)cc1)OC)N(C)C(=O)[C@@H](NC(=O)CN(C)C)C(C)C. The van der Waals surface area contributed by atoms with Gasteiger partial charge < -0.3 is 51.2 Å². The summed E-state index contributed by atoms with van der Waals surface area (Å²) in [6.45, 7) is 11.2. The third kappa shape index (κ3) is 17.9. The quantitative estimate of drug-likeness (QED) is 0.0738. The van der Waals surface area contributed by atoms with E-state index in [9.17, 15) is 28.8 Å². The second-order valence-electron chi connectivity index (χ2n) is 18.8. The normalized spacial score (nSPS) is 16.9. The highest BCUT2D eigenvalue weighted by atomic mass is 16.5. The monoisotopic (exact) mass is 935 g/mol. The molecule has 0 radical (unpaired) electrons. The zero-order chi connectivity index (χ0) is 49.6. The summed E-state index contributed by atoms with van der Waals surface area (Å²) in [5.41, 5.74) is 8.12. The molecule has 0 saturated carbocycles. The molecule has 2 aromatic rings. The van der Waals surface area contributed by atoms with Crippen LogP contribution < -0.4 is 27.0 Å². The van der Waals surface area contributed by atoms with E-state index in [1.807, 2.05) is 82.3 Å². The maximum atomic E-state index is 14.4. The summed E-state index contributed by atoms with van der Waals surface area (Å²) in [4.78, 5) is 86.7. The van der Waals surface area contributed by atoms with E-state index in [4.69, 9.17) is 15.2 Å². The lowest BCUT2D eigenvalue weighted by Crippen LogP contribution is -2.58. The van der Waals surface area contributed by atoms with Gasteiger partial charge in [0.1, 0.15) is 12.1 Å². The van der Waals surface area contributed by atoms with Crippen LogP contribution in [0.15, 0.2) is 54.6 Å². The lowest BCUT2D eigenvalue weighted by atomic mass is 9.89. The van der Waals surface area contributed by atoms with E-state index in [-0.39, 0.29) is 66.7 Å². The summed E-state index contributed by atoms with van der Waals surface area (Å²) in [5, 5.41) is 11.9. The Morgan fingerprint density at radius 3 is 2.12 bits per heavy atom. The molecule has 1 saturated heterocycles. The van der Waals surface area contributed by atoms with E-state index < -0.39 is 42.3 Å². The van der Waals surface area contributed by atoms with Gasteiger partial charge in [-0.15, -0.1) is 0 Å². The third-order valence-electron chi connectivity index (χ3n) is 12.9. The molecular weight excluding hydrogens is 853 g/mol. The average Bonchev–Trinajstić information content (AvgIpc) is 3.79. The molecule has 1 fully saturated rings. The number of amides is 6. The van der Waals surface area contributed by atoms with Gasteiger partial charge in [-0.25, -0.2) is 0 Å². The Hall–Kier alpha value is -4.90. The molecule has 8 atom stereocenters. The summed E-state index contributed by atoms with van der Waals surface area (Å²) >= 11 is 0. The van der Waals surface area contributed by atoms with Gasteiger partial charge in [0.15, 0.2) is 0 Å². The van der Waals surface area contributed by atoms with Crippen LogP contribution in [0, 0.1) is 17.8 Å². The predicted octanol–water partition coefficient (Wildman–Crippen LogP) is 4.15. The van der Waals surface area contributed by atoms with Crippen molar-refractivity contribution in [3.8, 4) is 0 Å². The van der Waals surface area contributed by atoms with Crippen molar-refractivity contribution in [3.05, 3.63) is 65.7 Å². The molecule has 16 nitrogen and oxygen atoms in total. The Bertz CT molecular complexity index is 1850.